The standard InChI is InChI=1S/C22H29ClN4O3S/c1-27(2)14-17-12-25-21(13-24-17)26-22(28)18(10-15-6-4-5-7-15)16-8-9-20(19(23)11-16)31(3,29)30/h8-9,11-13,15,18H,4-7,10,14H2,1-3H3,(H,25,26,28)/t18-/m1/s1. The first kappa shape index (κ1) is 23.6. The van der Waals surface area contributed by atoms with E-state index in [0.717, 1.165) is 24.8 Å². The average molecular weight is 465 g/mol. The third-order valence-electron chi connectivity index (χ3n) is 5.55. The van der Waals surface area contributed by atoms with Crippen LogP contribution in [0.1, 0.15) is 49.3 Å². The molecule has 1 atom stereocenters. The summed E-state index contributed by atoms with van der Waals surface area (Å²) in [5.41, 5.74) is 1.52. The quantitative estimate of drug-likeness (QED) is 0.637. The number of carbonyl (C=O) groups excluding carboxylic acids is 1. The Hall–Kier alpha value is -2.03. The van der Waals surface area contributed by atoms with Gasteiger partial charge in [-0.25, -0.2) is 13.4 Å². The first-order chi connectivity index (χ1) is 14.6. The first-order valence-electron chi connectivity index (χ1n) is 10.4. The van der Waals surface area contributed by atoms with Gasteiger partial charge >= 0.3 is 0 Å². The van der Waals surface area contributed by atoms with Gasteiger partial charge < -0.3 is 10.2 Å². The van der Waals surface area contributed by atoms with E-state index in [4.69, 9.17) is 11.6 Å². The minimum Gasteiger partial charge on any atom is -0.309 e. The third kappa shape index (κ3) is 6.48. The SMILES string of the molecule is CN(C)Cc1cnc(NC(=O)[C@H](CC2CCCC2)c2ccc(S(C)(=O)=O)c(Cl)c2)cn1. The molecule has 1 aromatic heterocycles. The second kappa shape index (κ2) is 10.1. The number of nitrogens with zero attached hydrogens (tertiary/aromatic N) is 3. The highest BCUT2D eigenvalue weighted by Crippen LogP contribution is 2.36. The number of rotatable bonds is 8. The topological polar surface area (TPSA) is 92.3 Å². The number of nitrogens with one attached hydrogen (secondary N) is 1. The van der Waals surface area contributed by atoms with E-state index in [0.29, 0.717) is 30.3 Å². The molecule has 9 heteroatoms. The molecule has 1 aliphatic carbocycles. The van der Waals surface area contributed by atoms with Crippen LogP contribution in [0.25, 0.3) is 0 Å². The fraction of sp³-hybridized carbons (Fsp3) is 0.500. The molecule has 0 radical (unpaired) electrons. The Morgan fingerprint density at radius 2 is 1.94 bits per heavy atom. The summed E-state index contributed by atoms with van der Waals surface area (Å²) in [5.74, 6) is 0.211. The molecule has 1 aromatic carbocycles. The van der Waals surface area contributed by atoms with Crippen molar-refractivity contribution in [1.82, 2.24) is 14.9 Å². The van der Waals surface area contributed by atoms with Crippen LogP contribution in [0.15, 0.2) is 35.5 Å². The number of hydrogen-bond donors (Lipinski definition) is 1. The van der Waals surface area contributed by atoms with E-state index in [9.17, 15) is 13.2 Å². The van der Waals surface area contributed by atoms with Crippen LogP contribution < -0.4 is 5.32 Å². The number of anilines is 1. The second-order valence-electron chi connectivity index (χ2n) is 8.52. The maximum Gasteiger partial charge on any atom is 0.233 e. The predicted octanol–water partition coefficient (Wildman–Crippen LogP) is 3.90. The van der Waals surface area contributed by atoms with Gasteiger partial charge in [-0.15, -0.1) is 0 Å². The number of halogens is 1. The summed E-state index contributed by atoms with van der Waals surface area (Å²) in [7, 11) is 0.465. The molecule has 0 aliphatic heterocycles. The smallest absolute Gasteiger partial charge is 0.233 e. The van der Waals surface area contributed by atoms with Gasteiger partial charge in [-0.05, 0) is 44.1 Å². The number of benzene rings is 1. The monoisotopic (exact) mass is 464 g/mol. The lowest BCUT2D eigenvalue weighted by Gasteiger charge is -2.21. The zero-order chi connectivity index (χ0) is 22.6. The predicted molar refractivity (Wildman–Crippen MR) is 122 cm³/mol. The zero-order valence-corrected chi connectivity index (χ0v) is 19.7. The molecule has 1 N–H and O–H groups in total. The van der Waals surface area contributed by atoms with Crippen molar-refractivity contribution in [3.63, 3.8) is 0 Å². The first-order valence-corrected chi connectivity index (χ1v) is 12.7. The second-order valence-corrected chi connectivity index (χ2v) is 10.9. The lowest BCUT2D eigenvalue weighted by molar-refractivity contribution is -0.118. The van der Waals surface area contributed by atoms with Crippen LogP contribution in [-0.2, 0) is 21.2 Å². The van der Waals surface area contributed by atoms with Crippen LogP contribution >= 0.6 is 11.6 Å². The number of aromatic nitrogens is 2. The van der Waals surface area contributed by atoms with E-state index in [-0.39, 0.29) is 15.8 Å². The number of hydrogen-bond acceptors (Lipinski definition) is 6. The van der Waals surface area contributed by atoms with Gasteiger partial charge in [-0.1, -0.05) is 43.4 Å². The normalized spacial score (nSPS) is 15.9. The molecule has 7 nitrogen and oxygen atoms in total. The van der Waals surface area contributed by atoms with Crippen LogP contribution in [0, 0.1) is 5.92 Å². The van der Waals surface area contributed by atoms with E-state index >= 15 is 0 Å². The van der Waals surface area contributed by atoms with Gasteiger partial charge in [0.15, 0.2) is 15.7 Å². The van der Waals surface area contributed by atoms with Crippen molar-refractivity contribution in [1.29, 1.82) is 0 Å². The summed E-state index contributed by atoms with van der Waals surface area (Å²) in [4.78, 5) is 23.9. The van der Waals surface area contributed by atoms with E-state index in [1.54, 1.807) is 24.5 Å². The van der Waals surface area contributed by atoms with Gasteiger partial charge in [-0.3, -0.25) is 9.78 Å². The molecule has 0 bridgehead atoms. The molecular formula is C22H29ClN4O3S. The van der Waals surface area contributed by atoms with E-state index in [1.165, 1.54) is 18.9 Å². The third-order valence-corrected chi connectivity index (χ3v) is 7.13. The molecule has 1 fully saturated rings. The van der Waals surface area contributed by atoms with Crippen molar-refractivity contribution in [2.24, 2.45) is 5.92 Å². The molecular weight excluding hydrogens is 436 g/mol. The van der Waals surface area contributed by atoms with Crippen molar-refractivity contribution in [2.75, 3.05) is 25.7 Å². The Kier molecular flexibility index (Phi) is 7.67. The fourth-order valence-electron chi connectivity index (χ4n) is 4.05. The van der Waals surface area contributed by atoms with E-state index < -0.39 is 15.8 Å². The van der Waals surface area contributed by atoms with Crippen molar-refractivity contribution >= 4 is 33.2 Å². The van der Waals surface area contributed by atoms with E-state index in [2.05, 4.69) is 15.3 Å². The lowest BCUT2D eigenvalue weighted by atomic mass is 9.87. The zero-order valence-electron chi connectivity index (χ0n) is 18.1. The van der Waals surface area contributed by atoms with Crippen LogP contribution in [0.2, 0.25) is 5.02 Å². The minimum absolute atomic E-state index is 0.0697. The molecule has 1 aliphatic rings. The van der Waals surface area contributed by atoms with Crippen LogP contribution in [0.3, 0.4) is 0 Å². The number of sulfone groups is 1. The molecule has 3 rings (SSSR count). The van der Waals surface area contributed by atoms with Crippen molar-refractivity contribution in [3.8, 4) is 0 Å². The summed E-state index contributed by atoms with van der Waals surface area (Å²) < 4.78 is 23.8. The van der Waals surface area contributed by atoms with Gasteiger partial charge in [0.1, 0.15) is 0 Å². The molecule has 0 saturated heterocycles. The average Bonchev–Trinajstić information content (AvgIpc) is 3.19. The highest BCUT2D eigenvalue weighted by Gasteiger charge is 2.28. The van der Waals surface area contributed by atoms with Gasteiger partial charge in [0, 0.05) is 12.8 Å². The molecule has 1 heterocycles. The van der Waals surface area contributed by atoms with Crippen LogP contribution in [0.5, 0.6) is 0 Å². The Labute approximate surface area is 189 Å². The lowest BCUT2D eigenvalue weighted by Crippen LogP contribution is -2.24. The van der Waals surface area contributed by atoms with Gasteiger partial charge in [0.05, 0.1) is 33.9 Å². The fourth-order valence-corrected chi connectivity index (χ4v) is 5.38. The molecule has 0 spiro atoms. The van der Waals surface area contributed by atoms with Gasteiger partial charge in [0.2, 0.25) is 5.91 Å². The van der Waals surface area contributed by atoms with Gasteiger partial charge in [0.25, 0.3) is 0 Å². The summed E-state index contributed by atoms with van der Waals surface area (Å²) in [6, 6.07) is 4.77. The Morgan fingerprint density at radius 3 is 2.48 bits per heavy atom. The highest BCUT2D eigenvalue weighted by atomic mass is 35.5. The van der Waals surface area contributed by atoms with Crippen molar-refractivity contribution in [2.45, 2.75) is 49.5 Å². The van der Waals surface area contributed by atoms with Crippen LogP contribution in [-0.4, -0.2) is 49.5 Å². The molecule has 1 amide bonds. The van der Waals surface area contributed by atoms with E-state index in [1.807, 2.05) is 19.0 Å². The van der Waals surface area contributed by atoms with Crippen LogP contribution in [0.4, 0.5) is 5.82 Å². The molecule has 0 unspecified atom stereocenters. The Morgan fingerprint density at radius 1 is 1.23 bits per heavy atom. The summed E-state index contributed by atoms with van der Waals surface area (Å²) in [6.45, 7) is 0.663. The minimum atomic E-state index is -3.43. The molecule has 1 saturated carbocycles. The van der Waals surface area contributed by atoms with Crippen molar-refractivity contribution < 1.29 is 13.2 Å². The molecule has 2 aromatic rings. The van der Waals surface area contributed by atoms with Crippen molar-refractivity contribution in [3.05, 3.63) is 46.9 Å². The number of amides is 1. The molecule has 168 valence electrons. The maximum absolute atomic E-state index is 13.2. The summed E-state index contributed by atoms with van der Waals surface area (Å²) in [6.07, 6.45) is 9.55. The maximum atomic E-state index is 13.2. The van der Waals surface area contributed by atoms with Gasteiger partial charge in [-0.2, -0.15) is 0 Å². The Bertz CT molecular complexity index is 1020. The molecule has 31 heavy (non-hydrogen) atoms. The largest absolute Gasteiger partial charge is 0.309 e. The summed E-state index contributed by atoms with van der Waals surface area (Å²) >= 11 is 6.26. The summed E-state index contributed by atoms with van der Waals surface area (Å²) in [5, 5.41) is 3.01. The number of carbonyl (C=O) groups is 1. The highest BCUT2D eigenvalue weighted by molar-refractivity contribution is 7.90. The Balaban J connectivity index is 1.83.